The fraction of sp³-hybridized carbons (Fsp3) is 0.160. The molecule has 0 atom stereocenters. The van der Waals surface area contributed by atoms with Crippen LogP contribution < -0.4 is 0 Å². The monoisotopic (exact) mass is 415 g/mol. The first kappa shape index (κ1) is 20.0. The molecule has 5 heteroatoms. The third-order valence-electron chi connectivity index (χ3n) is 5.19. The molecule has 0 saturated carbocycles. The zero-order chi connectivity index (χ0) is 21.3. The van der Waals surface area contributed by atoms with Crippen molar-refractivity contribution in [3.8, 4) is 10.6 Å². The molecule has 30 heavy (non-hydrogen) atoms. The fourth-order valence-corrected chi connectivity index (χ4v) is 4.13. The Kier molecular flexibility index (Phi) is 5.46. The molecule has 0 fully saturated rings. The highest BCUT2D eigenvalue weighted by atomic mass is 32.1. The Morgan fingerprint density at radius 2 is 1.67 bits per heavy atom. The van der Waals surface area contributed by atoms with Crippen LogP contribution in [-0.2, 0) is 4.74 Å². The van der Waals surface area contributed by atoms with Crippen LogP contribution in [0.25, 0.3) is 21.5 Å². The van der Waals surface area contributed by atoms with E-state index in [9.17, 15) is 9.59 Å². The minimum Gasteiger partial charge on any atom is -0.454 e. The summed E-state index contributed by atoms with van der Waals surface area (Å²) in [4.78, 5) is 31.3. The number of nitrogens with zero attached hydrogens (tertiary/aromatic N) is 1. The molecule has 2 aromatic heterocycles. The topological polar surface area (TPSA) is 56.3 Å². The van der Waals surface area contributed by atoms with E-state index in [-0.39, 0.29) is 12.4 Å². The number of Topliss-reactive ketones (excluding diaryl/α,β-unsaturated/α-hetero) is 1. The third-order valence-corrected chi connectivity index (χ3v) is 6.08. The largest absolute Gasteiger partial charge is 0.454 e. The van der Waals surface area contributed by atoms with Gasteiger partial charge in [0.2, 0.25) is 5.78 Å². The Bertz CT molecular complexity index is 1260. The Labute approximate surface area is 179 Å². The van der Waals surface area contributed by atoms with Gasteiger partial charge in [-0.15, -0.1) is 11.3 Å². The highest BCUT2D eigenvalue weighted by molar-refractivity contribution is 7.13. The average Bonchev–Trinajstić information content (AvgIpc) is 3.28. The molecule has 4 rings (SSSR count). The lowest BCUT2D eigenvalue weighted by molar-refractivity contribution is 0.0476. The number of carbonyl (C=O) groups is 2. The number of ether oxygens (including phenoxy) is 1. The van der Waals surface area contributed by atoms with Crippen LogP contribution in [0.5, 0.6) is 0 Å². The molecule has 0 saturated heterocycles. The van der Waals surface area contributed by atoms with E-state index in [1.165, 1.54) is 0 Å². The van der Waals surface area contributed by atoms with Gasteiger partial charge in [0.1, 0.15) is 0 Å². The molecule has 0 unspecified atom stereocenters. The lowest BCUT2D eigenvalue weighted by atomic mass is 9.98. The summed E-state index contributed by atoms with van der Waals surface area (Å²) in [5, 5.41) is 2.67. The Morgan fingerprint density at radius 3 is 2.43 bits per heavy atom. The van der Waals surface area contributed by atoms with Crippen molar-refractivity contribution in [3.63, 3.8) is 0 Å². The molecule has 0 amide bonds. The third kappa shape index (κ3) is 3.89. The molecule has 4 aromatic rings. The highest BCUT2D eigenvalue weighted by Crippen LogP contribution is 2.28. The maximum atomic E-state index is 12.9. The maximum absolute atomic E-state index is 12.9. The first-order valence-electron chi connectivity index (χ1n) is 9.66. The molecule has 2 heterocycles. The Balaban J connectivity index is 1.62. The predicted molar refractivity (Wildman–Crippen MR) is 120 cm³/mol. The summed E-state index contributed by atoms with van der Waals surface area (Å²) in [6.45, 7) is 5.57. The van der Waals surface area contributed by atoms with Crippen molar-refractivity contribution in [1.29, 1.82) is 0 Å². The summed E-state index contributed by atoms with van der Waals surface area (Å²) in [7, 11) is 0. The highest BCUT2D eigenvalue weighted by Gasteiger charge is 2.18. The molecule has 150 valence electrons. The molecule has 0 radical (unpaired) electrons. The van der Waals surface area contributed by atoms with Crippen LogP contribution in [0, 0.1) is 20.8 Å². The van der Waals surface area contributed by atoms with Crippen molar-refractivity contribution in [2.24, 2.45) is 0 Å². The van der Waals surface area contributed by atoms with Gasteiger partial charge in [-0.25, -0.2) is 9.78 Å². The molecule has 0 N–H and O–H groups in total. The van der Waals surface area contributed by atoms with Crippen LogP contribution in [0.3, 0.4) is 0 Å². The lowest BCUT2D eigenvalue weighted by Gasteiger charge is -2.11. The maximum Gasteiger partial charge on any atom is 0.339 e. The zero-order valence-corrected chi connectivity index (χ0v) is 17.9. The van der Waals surface area contributed by atoms with Crippen LogP contribution in [0.1, 0.15) is 37.4 Å². The summed E-state index contributed by atoms with van der Waals surface area (Å²) >= 11 is 1.56. The Morgan fingerprint density at radius 1 is 0.900 bits per heavy atom. The molecule has 2 aromatic carbocycles. The summed E-state index contributed by atoms with van der Waals surface area (Å²) in [5.74, 6) is -0.734. The number of fused-ring (bicyclic) bond motifs is 1. The van der Waals surface area contributed by atoms with Crippen LogP contribution in [-0.4, -0.2) is 23.3 Å². The van der Waals surface area contributed by atoms with E-state index >= 15 is 0 Å². The number of rotatable bonds is 5. The van der Waals surface area contributed by atoms with Gasteiger partial charge in [-0.3, -0.25) is 4.79 Å². The number of esters is 1. The van der Waals surface area contributed by atoms with Crippen molar-refractivity contribution in [1.82, 2.24) is 4.98 Å². The number of ketones is 1. The average molecular weight is 416 g/mol. The number of aryl methyl sites for hydroxylation is 3. The van der Waals surface area contributed by atoms with Crippen LogP contribution >= 0.6 is 11.3 Å². The SMILES string of the molecule is Cc1cc(C)c(C(=O)COC(=O)c2cc(-c3cccs3)nc3ccccc23)cc1C. The normalized spacial score (nSPS) is 10.9. The van der Waals surface area contributed by atoms with Gasteiger partial charge in [-0.05, 0) is 67.1 Å². The smallest absolute Gasteiger partial charge is 0.339 e. The van der Waals surface area contributed by atoms with Crippen molar-refractivity contribution in [3.05, 3.63) is 87.8 Å². The molecule has 0 aliphatic carbocycles. The number of thiophene rings is 1. The van der Waals surface area contributed by atoms with Gasteiger partial charge in [-0.1, -0.05) is 30.3 Å². The minimum atomic E-state index is -0.527. The van der Waals surface area contributed by atoms with E-state index in [4.69, 9.17) is 4.74 Å². The van der Waals surface area contributed by atoms with Gasteiger partial charge < -0.3 is 4.74 Å². The van der Waals surface area contributed by atoms with E-state index in [0.29, 0.717) is 27.7 Å². The van der Waals surface area contributed by atoms with E-state index in [1.54, 1.807) is 17.4 Å². The van der Waals surface area contributed by atoms with Gasteiger partial charge >= 0.3 is 5.97 Å². The van der Waals surface area contributed by atoms with E-state index in [0.717, 1.165) is 21.6 Å². The second kappa shape index (κ2) is 8.20. The van der Waals surface area contributed by atoms with Crippen LogP contribution in [0.2, 0.25) is 0 Å². The molecule has 0 spiro atoms. The number of aromatic nitrogens is 1. The van der Waals surface area contributed by atoms with Crippen molar-refractivity contribution >= 4 is 34.0 Å². The second-order valence-corrected chi connectivity index (χ2v) is 8.25. The number of carbonyl (C=O) groups excluding carboxylic acids is 2. The first-order chi connectivity index (χ1) is 14.4. The van der Waals surface area contributed by atoms with Crippen LogP contribution in [0.15, 0.2) is 60.0 Å². The summed E-state index contributed by atoms with van der Waals surface area (Å²) < 4.78 is 5.44. The summed E-state index contributed by atoms with van der Waals surface area (Å²) in [6, 6.07) is 16.9. The quantitative estimate of drug-likeness (QED) is 0.299. The number of para-hydroxylation sites is 1. The Hall–Kier alpha value is -3.31. The zero-order valence-electron chi connectivity index (χ0n) is 17.1. The second-order valence-electron chi connectivity index (χ2n) is 7.30. The molecule has 0 aliphatic heterocycles. The number of hydrogen-bond acceptors (Lipinski definition) is 5. The molecule has 0 aliphatic rings. The van der Waals surface area contributed by atoms with Gasteiger partial charge in [0.25, 0.3) is 0 Å². The molecular weight excluding hydrogens is 394 g/mol. The minimum absolute atomic E-state index is 0.208. The number of pyridine rings is 1. The van der Waals surface area contributed by atoms with Gasteiger partial charge in [0.05, 0.1) is 21.7 Å². The van der Waals surface area contributed by atoms with Crippen molar-refractivity contribution in [2.75, 3.05) is 6.61 Å². The van der Waals surface area contributed by atoms with Crippen molar-refractivity contribution in [2.45, 2.75) is 20.8 Å². The van der Waals surface area contributed by atoms with E-state index < -0.39 is 5.97 Å². The fourth-order valence-electron chi connectivity index (χ4n) is 3.44. The summed E-state index contributed by atoms with van der Waals surface area (Å²) in [6.07, 6.45) is 0. The van der Waals surface area contributed by atoms with Gasteiger partial charge in [0, 0.05) is 10.9 Å². The molecule has 0 bridgehead atoms. The molecule has 4 nitrogen and oxygen atoms in total. The summed E-state index contributed by atoms with van der Waals surface area (Å²) in [5.41, 5.74) is 5.48. The van der Waals surface area contributed by atoms with E-state index in [1.807, 2.05) is 74.7 Å². The van der Waals surface area contributed by atoms with E-state index in [2.05, 4.69) is 4.98 Å². The standard InChI is InChI=1S/C25H21NO3S/c1-15-11-17(3)19(12-16(15)2)23(27)14-29-25(28)20-13-22(24-9-6-10-30-24)26-21-8-5-4-7-18(20)21/h4-13H,14H2,1-3H3. The van der Waals surface area contributed by atoms with Crippen LogP contribution in [0.4, 0.5) is 0 Å². The van der Waals surface area contributed by atoms with Crippen molar-refractivity contribution < 1.29 is 14.3 Å². The predicted octanol–water partition coefficient (Wildman–Crippen LogP) is 5.93. The lowest BCUT2D eigenvalue weighted by Crippen LogP contribution is -2.16. The van der Waals surface area contributed by atoms with Gasteiger partial charge in [-0.2, -0.15) is 0 Å². The number of benzene rings is 2. The van der Waals surface area contributed by atoms with Gasteiger partial charge in [0.15, 0.2) is 6.61 Å². The number of hydrogen-bond donors (Lipinski definition) is 0. The molecular formula is C25H21NO3S. The first-order valence-corrected chi connectivity index (χ1v) is 10.5.